The highest BCUT2D eigenvalue weighted by molar-refractivity contribution is 5.61. The van der Waals surface area contributed by atoms with Crippen molar-refractivity contribution in [2.24, 2.45) is 5.73 Å². The van der Waals surface area contributed by atoms with Gasteiger partial charge in [-0.1, -0.05) is 0 Å². The van der Waals surface area contributed by atoms with E-state index in [2.05, 4.69) is 9.97 Å². The zero-order valence-corrected chi connectivity index (χ0v) is 8.30. The van der Waals surface area contributed by atoms with E-state index in [1.54, 1.807) is 18.7 Å². The van der Waals surface area contributed by atoms with E-state index >= 15 is 0 Å². The van der Waals surface area contributed by atoms with Crippen molar-refractivity contribution in [2.75, 3.05) is 12.3 Å². The topological polar surface area (TPSA) is 82.8 Å². The highest BCUT2D eigenvalue weighted by Crippen LogP contribution is 2.19. The molecule has 0 bridgehead atoms. The van der Waals surface area contributed by atoms with Gasteiger partial charge in [0.1, 0.15) is 5.82 Å². The van der Waals surface area contributed by atoms with Gasteiger partial charge in [-0.15, -0.1) is 0 Å². The minimum absolute atomic E-state index is 0.507. The molecule has 0 radical (unpaired) electrons. The lowest BCUT2D eigenvalue weighted by atomic mass is 10.2. The Balaban J connectivity index is 2.40. The molecule has 0 aliphatic carbocycles. The number of rotatable bonds is 3. The summed E-state index contributed by atoms with van der Waals surface area (Å²) in [5, 5.41) is 0. The Morgan fingerprint density at radius 1 is 1.40 bits per heavy atom. The second kappa shape index (κ2) is 4.10. The van der Waals surface area contributed by atoms with Crippen molar-refractivity contribution < 1.29 is 0 Å². The van der Waals surface area contributed by atoms with Gasteiger partial charge in [-0.2, -0.15) is 0 Å². The maximum Gasteiger partial charge on any atom is 0.123 e. The van der Waals surface area contributed by atoms with Gasteiger partial charge in [0.25, 0.3) is 0 Å². The normalized spacial score (nSPS) is 10.5. The molecule has 0 atom stereocenters. The third-order valence-corrected chi connectivity index (χ3v) is 2.16. The molecule has 0 saturated carbocycles. The Labute approximate surface area is 87.8 Å². The Morgan fingerprint density at radius 3 is 3.00 bits per heavy atom. The predicted octanol–water partition coefficient (Wildman–Crippen LogP) is 0.486. The van der Waals surface area contributed by atoms with Gasteiger partial charge in [-0.3, -0.25) is 0 Å². The summed E-state index contributed by atoms with van der Waals surface area (Å²) in [7, 11) is 0. The van der Waals surface area contributed by atoms with E-state index in [1.807, 2.05) is 16.7 Å². The minimum atomic E-state index is 0.507. The van der Waals surface area contributed by atoms with E-state index in [0.717, 1.165) is 17.8 Å². The van der Waals surface area contributed by atoms with Gasteiger partial charge >= 0.3 is 0 Å². The molecule has 0 aliphatic rings. The van der Waals surface area contributed by atoms with Crippen LogP contribution >= 0.6 is 0 Å². The fraction of sp³-hybridized carbons (Fsp3) is 0.200. The first-order chi connectivity index (χ1) is 7.31. The molecule has 78 valence electrons. The highest BCUT2D eigenvalue weighted by Gasteiger charge is 2.04. The monoisotopic (exact) mass is 203 g/mol. The third kappa shape index (κ3) is 1.97. The molecule has 4 N–H and O–H groups in total. The number of nitrogen functional groups attached to an aromatic ring is 1. The van der Waals surface area contributed by atoms with Crippen molar-refractivity contribution in [1.29, 1.82) is 0 Å². The van der Waals surface area contributed by atoms with E-state index in [9.17, 15) is 0 Å². The number of hydrogen-bond donors (Lipinski definition) is 2. The molecule has 2 aromatic heterocycles. The number of nitrogens with zero attached hydrogens (tertiary/aromatic N) is 3. The van der Waals surface area contributed by atoms with Crippen molar-refractivity contribution in [3.05, 3.63) is 30.9 Å². The quantitative estimate of drug-likeness (QED) is 0.760. The smallest absolute Gasteiger partial charge is 0.123 e. The van der Waals surface area contributed by atoms with E-state index in [-0.39, 0.29) is 0 Å². The van der Waals surface area contributed by atoms with Crippen LogP contribution in [0.3, 0.4) is 0 Å². The molecule has 2 rings (SSSR count). The first kappa shape index (κ1) is 9.67. The second-order valence-electron chi connectivity index (χ2n) is 3.23. The average molecular weight is 203 g/mol. The third-order valence-electron chi connectivity index (χ3n) is 2.16. The number of anilines is 1. The lowest BCUT2D eigenvalue weighted by Crippen LogP contribution is -2.09. The molecule has 5 heteroatoms. The van der Waals surface area contributed by atoms with E-state index < -0.39 is 0 Å². The molecule has 2 aromatic rings. The maximum absolute atomic E-state index is 5.62. The lowest BCUT2D eigenvalue weighted by molar-refractivity contribution is 0.714. The molecule has 0 aromatic carbocycles. The number of nitrogens with two attached hydrogens (primary N) is 2. The molecular formula is C10H13N5. The zero-order chi connectivity index (χ0) is 10.7. The van der Waals surface area contributed by atoms with Gasteiger partial charge < -0.3 is 16.0 Å². The van der Waals surface area contributed by atoms with Crippen LogP contribution in [0, 0.1) is 0 Å². The second-order valence-corrected chi connectivity index (χ2v) is 3.23. The zero-order valence-electron chi connectivity index (χ0n) is 8.30. The summed E-state index contributed by atoms with van der Waals surface area (Å²) in [6.07, 6.45) is 5.24. The van der Waals surface area contributed by atoms with Crippen molar-refractivity contribution in [2.45, 2.75) is 6.54 Å². The summed E-state index contributed by atoms with van der Waals surface area (Å²) in [5.74, 6) is 0.507. The molecular weight excluding hydrogens is 190 g/mol. The summed E-state index contributed by atoms with van der Waals surface area (Å²) in [6, 6.07) is 3.73. The van der Waals surface area contributed by atoms with Crippen LogP contribution in [-0.2, 0) is 6.54 Å². The van der Waals surface area contributed by atoms with Crippen LogP contribution in [0.5, 0.6) is 0 Å². The van der Waals surface area contributed by atoms with Crippen LogP contribution in [0.15, 0.2) is 30.9 Å². The summed E-state index contributed by atoms with van der Waals surface area (Å²) < 4.78 is 1.99. The maximum atomic E-state index is 5.62. The van der Waals surface area contributed by atoms with Gasteiger partial charge in [-0.05, 0) is 12.1 Å². The standard InChI is InChI=1S/C10H13N5/c11-2-4-15-7-13-6-9(15)8-1-3-14-10(12)5-8/h1,3,5-7H,2,4,11H2,(H2,12,14). The highest BCUT2D eigenvalue weighted by atomic mass is 15.0. The molecule has 5 nitrogen and oxygen atoms in total. The Bertz CT molecular complexity index is 449. The van der Waals surface area contributed by atoms with Crippen molar-refractivity contribution in [3.8, 4) is 11.3 Å². The molecule has 2 heterocycles. The van der Waals surface area contributed by atoms with Crippen LogP contribution in [-0.4, -0.2) is 21.1 Å². The van der Waals surface area contributed by atoms with Gasteiger partial charge in [-0.25, -0.2) is 9.97 Å². The summed E-state index contributed by atoms with van der Waals surface area (Å²) in [6.45, 7) is 1.33. The molecule has 0 amide bonds. The first-order valence-electron chi connectivity index (χ1n) is 4.73. The SMILES string of the molecule is NCCn1cncc1-c1ccnc(N)c1. The van der Waals surface area contributed by atoms with Crippen LogP contribution < -0.4 is 11.5 Å². The molecule has 0 spiro atoms. The molecule has 15 heavy (non-hydrogen) atoms. The van der Waals surface area contributed by atoms with E-state index in [1.165, 1.54) is 0 Å². The number of hydrogen-bond acceptors (Lipinski definition) is 4. The first-order valence-corrected chi connectivity index (χ1v) is 4.73. The fourth-order valence-electron chi connectivity index (χ4n) is 1.49. The minimum Gasteiger partial charge on any atom is -0.384 e. The van der Waals surface area contributed by atoms with Gasteiger partial charge in [0.05, 0.1) is 18.2 Å². The van der Waals surface area contributed by atoms with Crippen molar-refractivity contribution in [3.63, 3.8) is 0 Å². The van der Waals surface area contributed by atoms with E-state index in [0.29, 0.717) is 12.4 Å². The average Bonchev–Trinajstić information content (AvgIpc) is 2.66. The number of pyridine rings is 1. The van der Waals surface area contributed by atoms with Gasteiger partial charge in [0.2, 0.25) is 0 Å². The van der Waals surface area contributed by atoms with Gasteiger partial charge in [0, 0.05) is 24.8 Å². The Kier molecular flexibility index (Phi) is 2.64. The van der Waals surface area contributed by atoms with Crippen LogP contribution in [0.4, 0.5) is 5.82 Å². The Morgan fingerprint density at radius 2 is 2.27 bits per heavy atom. The van der Waals surface area contributed by atoms with Crippen molar-refractivity contribution >= 4 is 5.82 Å². The summed E-state index contributed by atoms with van der Waals surface area (Å²) >= 11 is 0. The summed E-state index contributed by atoms with van der Waals surface area (Å²) in [5.41, 5.74) is 13.2. The van der Waals surface area contributed by atoms with Crippen LogP contribution in [0.25, 0.3) is 11.3 Å². The van der Waals surface area contributed by atoms with Crippen LogP contribution in [0.2, 0.25) is 0 Å². The molecule has 0 fully saturated rings. The molecule has 0 saturated heterocycles. The summed E-state index contributed by atoms with van der Waals surface area (Å²) in [4.78, 5) is 8.04. The number of imidazole rings is 1. The van der Waals surface area contributed by atoms with Crippen LogP contribution in [0.1, 0.15) is 0 Å². The van der Waals surface area contributed by atoms with Crippen molar-refractivity contribution in [1.82, 2.24) is 14.5 Å². The molecule has 0 unspecified atom stereocenters. The Hall–Kier alpha value is -1.88. The van der Waals surface area contributed by atoms with E-state index in [4.69, 9.17) is 11.5 Å². The lowest BCUT2D eigenvalue weighted by Gasteiger charge is -2.06. The predicted molar refractivity (Wildman–Crippen MR) is 58.9 cm³/mol. The number of aromatic nitrogens is 3. The molecule has 0 aliphatic heterocycles. The largest absolute Gasteiger partial charge is 0.384 e. The fourth-order valence-corrected chi connectivity index (χ4v) is 1.49. The van der Waals surface area contributed by atoms with Gasteiger partial charge in [0.15, 0.2) is 0 Å².